The van der Waals surface area contributed by atoms with Gasteiger partial charge in [0.25, 0.3) is 6.43 Å². The minimum Gasteiger partial charge on any atom is -0.375 e. The molecule has 6 heteroatoms. The average Bonchev–Trinajstić information content (AvgIpc) is 2.22. The molecule has 0 bridgehead atoms. The molecule has 0 aliphatic rings. The Morgan fingerprint density at radius 3 is 2.75 bits per heavy atom. The second-order valence-corrected chi connectivity index (χ2v) is 3.98. The van der Waals surface area contributed by atoms with Crippen molar-refractivity contribution in [3.63, 3.8) is 0 Å². The van der Waals surface area contributed by atoms with E-state index < -0.39 is 13.0 Å². The number of halogens is 3. The van der Waals surface area contributed by atoms with Gasteiger partial charge in [-0.15, -0.1) is 11.6 Å². The van der Waals surface area contributed by atoms with Gasteiger partial charge in [-0.2, -0.15) is 0 Å². The van der Waals surface area contributed by atoms with Crippen LogP contribution >= 0.6 is 11.6 Å². The highest BCUT2D eigenvalue weighted by molar-refractivity contribution is 6.17. The number of amides is 1. The van der Waals surface area contributed by atoms with Gasteiger partial charge in [0, 0.05) is 18.8 Å². The molecule has 1 atom stereocenters. The average molecular weight is 258 g/mol. The van der Waals surface area contributed by atoms with Gasteiger partial charge < -0.3 is 10.1 Å². The molecule has 0 saturated carbocycles. The number of alkyl halides is 3. The van der Waals surface area contributed by atoms with Crippen molar-refractivity contribution in [2.75, 3.05) is 25.6 Å². The molecular formula is C10H18ClF2NO2. The zero-order valence-electron chi connectivity index (χ0n) is 9.35. The number of carbonyl (C=O) groups excluding carboxylic acids is 1. The molecule has 0 aromatic rings. The smallest absolute Gasteiger partial charge is 0.261 e. The predicted molar refractivity (Wildman–Crippen MR) is 59.0 cm³/mol. The summed E-state index contributed by atoms with van der Waals surface area (Å²) in [6.07, 6.45) is -1.53. The van der Waals surface area contributed by atoms with Crippen molar-refractivity contribution in [2.45, 2.75) is 26.2 Å². The summed E-state index contributed by atoms with van der Waals surface area (Å²) in [5, 5.41) is 2.69. The summed E-state index contributed by atoms with van der Waals surface area (Å²) in [5.74, 6) is 0.702. The number of nitrogens with one attached hydrogen (secondary N) is 1. The fraction of sp³-hybridized carbons (Fsp3) is 0.900. The summed E-state index contributed by atoms with van der Waals surface area (Å²) in [4.78, 5) is 11.2. The Morgan fingerprint density at radius 1 is 1.50 bits per heavy atom. The first-order valence-electron chi connectivity index (χ1n) is 5.24. The van der Waals surface area contributed by atoms with Crippen molar-refractivity contribution < 1.29 is 18.3 Å². The van der Waals surface area contributed by atoms with E-state index in [2.05, 4.69) is 10.1 Å². The van der Waals surface area contributed by atoms with Crippen molar-refractivity contribution in [1.82, 2.24) is 5.32 Å². The summed E-state index contributed by atoms with van der Waals surface area (Å²) >= 11 is 5.54. The number of rotatable bonds is 9. The fourth-order valence-electron chi connectivity index (χ4n) is 1.00. The molecule has 0 saturated heterocycles. The zero-order chi connectivity index (χ0) is 12.4. The molecule has 1 unspecified atom stereocenters. The second kappa shape index (κ2) is 9.78. The van der Waals surface area contributed by atoms with E-state index in [9.17, 15) is 13.6 Å². The SMILES string of the molecule is CC(CCCl)CNC(=O)CCOCC(F)F. The number of ether oxygens (including phenoxy) is 1. The third-order valence-electron chi connectivity index (χ3n) is 1.97. The molecular weight excluding hydrogens is 240 g/mol. The predicted octanol–water partition coefficient (Wildman–Crippen LogP) is 2.04. The van der Waals surface area contributed by atoms with Gasteiger partial charge in [0.1, 0.15) is 6.61 Å². The van der Waals surface area contributed by atoms with Gasteiger partial charge in [0.05, 0.1) is 6.61 Å². The van der Waals surface area contributed by atoms with Crippen molar-refractivity contribution in [1.29, 1.82) is 0 Å². The first-order valence-corrected chi connectivity index (χ1v) is 5.78. The highest BCUT2D eigenvalue weighted by atomic mass is 35.5. The molecule has 0 spiro atoms. The maximum atomic E-state index is 11.7. The zero-order valence-corrected chi connectivity index (χ0v) is 10.1. The molecule has 0 fully saturated rings. The van der Waals surface area contributed by atoms with E-state index in [1.54, 1.807) is 0 Å². The molecule has 16 heavy (non-hydrogen) atoms. The number of hydrogen-bond donors (Lipinski definition) is 1. The van der Waals surface area contributed by atoms with Crippen LogP contribution in [0.2, 0.25) is 0 Å². The van der Waals surface area contributed by atoms with Crippen LogP contribution < -0.4 is 5.32 Å². The summed E-state index contributed by atoms with van der Waals surface area (Å²) in [5.41, 5.74) is 0. The van der Waals surface area contributed by atoms with Crippen LogP contribution in [-0.4, -0.2) is 38.0 Å². The topological polar surface area (TPSA) is 38.3 Å². The highest BCUT2D eigenvalue weighted by Crippen LogP contribution is 2.01. The van der Waals surface area contributed by atoms with Crippen LogP contribution in [0.3, 0.4) is 0 Å². The lowest BCUT2D eigenvalue weighted by Gasteiger charge is -2.10. The van der Waals surface area contributed by atoms with Crippen LogP contribution in [0.1, 0.15) is 19.8 Å². The third kappa shape index (κ3) is 10.1. The van der Waals surface area contributed by atoms with Gasteiger partial charge in [-0.25, -0.2) is 8.78 Å². The fourth-order valence-corrected chi connectivity index (χ4v) is 1.37. The van der Waals surface area contributed by atoms with E-state index in [-0.39, 0.29) is 18.9 Å². The summed E-state index contributed by atoms with van der Waals surface area (Å²) < 4.78 is 27.9. The van der Waals surface area contributed by atoms with E-state index in [1.165, 1.54) is 0 Å². The van der Waals surface area contributed by atoms with Gasteiger partial charge in [0.2, 0.25) is 5.91 Å². The Bertz CT molecular complexity index is 194. The molecule has 0 aromatic heterocycles. The van der Waals surface area contributed by atoms with Crippen LogP contribution in [0.5, 0.6) is 0 Å². The molecule has 0 radical (unpaired) electrons. The monoisotopic (exact) mass is 257 g/mol. The largest absolute Gasteiger partial charge is 0.375 e. The number of hydrogen-bond acceptors (Lipinski definition) is 2. The number of carbonyl (C=O) groups is 1. The maximum absolute atomic E-state index is 11.7. The Labute approximate surface area is 99.5 Å². The summed E-state index contributed by atoms with van der Waals surface area (Å²) in [6.45, 7) is 1.95. The van der Waals surface area contributed by atoms with Crippen LogP contribution in [0.4, 0.5) is 8.78 Å². The Kier molecular flexibility index (Phi) is 9.52. The lowest BCUT2D eigenvalue weighted by atomic mass is 10.1. The molecule has 0 aromatic carbocycles. The molecule has 1 amide bonds. The van der Waals surface area contributed by atoms with E-state index in [4.69, 9.17) is 11.6 Å². The standard InChI is InChI=1S/C10H18ClF2NO2/c1-8(2-4-11)6-14-10(15)3-5-16-7-9(12)13/h8-9H,2-7H2,1H3,(H,14,15). The van der Waals surface area contributed by atoms with Gasteiger partial charge in [-0.05, 0) is 12.3 Å². The molecule has 0 aliphatic heterocycles. The lowest BCUT2D eigenvalue weighted by Crippen LogP contribution is -2.29. The van der Waals surface area contributed by atoms with Crippen LogP contribution in [0.25, 0.3) is 0 Å². The molecule has 96 valence electrons. The van der Waals surface area contributed by atoms with Crippen LogP contribution in [0, 0.1) is 5.92 Å². The first kappa shape index (κ1) is 15.6. The lowest BCUT2D eigenvalue weighted by molar-refractivity contribution is -0.122. The third-order valence-corrected chi connectivity index (χ3v) is 2.19. The maximum Gasteiger partial charge on any atom is 0.261 e. The van der Waals surface area contributed by atoms with Crippen molar-refractivity contribution in [3.8, 4) is 0 Å². The van der Waals surface area contributed by atoms with E-state index in [1.807, 2.05) is 6.92 Å². The Hall–Kier alpha value is -0.420. The quantitative estimate of drug-likeness (QED) is 0.507. The van der Waals surface area contributed by atoms with Crippen LogP contribution in [-0.2, 0) is 9.53 Å². The molecule has 0 aliphatic carbocycles. The minimum atomic E-state index is -2.48. The first-order chi connectivity index (χ1) is 7.56. The van der Waals surface area contributed by atoms with Gasteiger partial charge in [-0.1, -0.05) is 6.92 Å². The molecule has 3 nitrogen and oxygen atoms in total. The molecule has 0 rings (SSSR count). The van der Waals surface area contributed by atoms with Crippen molar-refractivity contribution in [3.05, 3.63) is 0 Å². The molecule has 1 N–H and O–H groups in total. The molecule has 0 heterocycles. The van der Waals surface area contributed by atoms with E-state index in [0.717, 1.165) is 6.42 Å². The van der Waals surface area contributed by atoms with E-state index in [0.29, 0.717) is 18.3 Å². The van der Waals surface area contributed by atoms with Crippen LogP contribution in [0.15, 0.2) is 0 Å². The van der Waals surface area contributed by atoms with Crippen molar-refractivity contribution >= 4 is 17.5 Å². The van der Waals surface area contributed by atoms with Gasteiger partial charge >= 0.3 is 0 Å². The summed E-state index contributed by atoms with van der Waals surface area (Å²) in [6, 6.07) is 0. The van der Waals surface area contributed by atoms with Crippen molar-refractivity contribution in [2.24, 2.45) is 5.92 Å². The van der Waals surface area contributed by atoms with Gasteiger partial charge in [0.15, 0.2) is 0 Å². The minimum absolute atomic E-state index is 0.0278. The Balaban J connectivity index is 3.37. The summed E-state index contributed by atoms with van der Waals surface area (Å²) in [7, 11) is 0. The highest BCUT2D eigenvalue weighted by Gasteiger charge is 2.06. The Morgan fingerprint density at radius 2 is 2.19 bits per heavy atom. The van der Waals surface area contributed by atoms with Gasteiger partial charge in [-0.3, -0.25) is 4.79 Å². The second-order valence-electron chi connectivity index (χ2n) is 3.60. The van der Waals surface area contributed by atoms with E-state index >= 15 is 0 Å². The normalized spacial score (nSPS) is 12.8.